The van der Waals surface area contributed by atoms with Gasteiger partial charge in [0.25, 0.3) is 5.91 Å². The molecule has 0 aliphatic rings. The number of amides is 2. The predicted octanol–water partition coefficient (Wildman–Crippen LogP) is 3.07. The summed E-state index contributed by atoms with van der Waals surface area (Å²) in [6.45, 7) is 3.68. The van der Waals surface area contributed by atoms with Crippen LogP contribution >= 0.6 is 11.6 Å². The summed E-state index contributed by atoms with van der Waals surface area (Å²) < 4.78 is 20.7. The summed E-state index contributed by atoms with van der Waals surface area (Å²) in [6.07, 6.45) is 1.95. The van der Waals surface area contributed by atoms with E-state index in [-0.39, 0.29) is 40.7 Å². The maximum absolute atomic E-state index is 15.1. The van der Waals surface area contributed by atoms with Crippen molar-refractivity contribution in [3.63, 3.8) is 0 Å². The number of hydrogen-bond donors (Lipinski definition) is 3. The molecule has 28 heavy (non-hydrogen) atoms. The highest BCUT2D eigenvalue weighted by Gasteiger charge is 2.22. The Morgan fingerprint density at radius 1 is 1.29 bits per heavy atom. The molecule has 0 fully saturated rings. The van der Waals surface area contributed by atoms with Crippen LogP contribution in [0.4, 0.5) is 4.39 Å². The van der Waals surface area contributed by atoms with Crippen LogP contribution in [0.15, 0.2) is 30.5 Å². The van der Waals surface area contributed by atoms with Gasteiger partial charge in [-0.15, -0.1) is 0 Å². The van der Waals surface area contributed by atoms with Crippen LogP contribution in [0.2, 0.25) is 5.02 Å². The largest absolute Gasteiger partial charge is 0.451 e. The van der Waals surface area contributed by atoms with Gasteiger partial charge in [-0.05, 0) is 31.5 Å². The molecule has 0 radical (unpaired) electrons. The lowest BCUT2D eigenvalue weighted by Crippen LogP contribution is -2.34. The number of nitrogens with zero attached hydrogens (tertiary/aromatic N) is 1. The Bertz CT molecular complexity index is 861. The predicted molar refractivity (Wildman–Crippen MR) is 104 cm³/mol. The van der Waals surface area contributed by atoms with Gasteiger partial charge in [0.05, 0.1) is 11.2 Å². The molecule has 0 bridgehead atoms. The summed E-state index contributed by atoms with van der Waals surface area (Å²) >= 11 is 6.11. The molecule has 0 spiro atoms. The molecule has 2 aromatic rings. The second kappa shape index (κ2) is 9.48. The average Bonchev–Trinajstić information content (AvgIpc) is 2.63. The first kappa shape index (κ1) is 21.6. The molecular formula is C19H22ClFN4O3. The zero-order valence-corrected chi connectivity index (χ0v) is 16.3. The van der Waals surface area contributed by atoms with Crippen LogP contribution in [-0.2, 0) is 4.79 Å². The Kier molecular flexibility index (Phi) is 7.31. The topological polar surface area (TPSA) is 120 Å². The highest BCUT2D eigenvalue weighted by Crippen LogP contribution is 2.36. The third-order valence-corrected chi connectivity index (χ3v) is 4.36. The van der Waals surface area contributed by atoms with Crippen molar-refractivity contribution in [3.05, 3.63) is 52.6 Å². The fourth-order valence-electron chi connectivity index (χ4n) is 2.75. The molecule has 1 aromatic carbocycles. The van der Waals surface area contributed by atoms with Crippen molar-refractivity contribution in [2.45, 2.75) is 38.8 Å². The van der Waals surface area contributed by atoms with Crippen molar-refractivity contribution in [3.8, 4) is 11.5 Å². The molecule has 7 nitrogen and oxygen atoms in total. The van der Waals surface area contributed by atoms with Crippen molar-refractivity contribution < 1.29 is 18.7 Å². The molecule has 2 atom stereocenters. The summed E-state index contributed by atoms with van der Waals surface area (Å²) in [6, 6.07) is 5.31. The monoisotopic (exact) mass is 408 g/mol. The highest BCUT2D eigenvalue weighted by molar-refractivity contribution is 6.32. The molecule has 2 rings (SSSR count). The quantitative estimate of drug-likeness (QED) is 0.588. The van der Waals surface area contributed by atoms with E-state index in [2.05, 4.69) is 10.3 Å². The van der Waals surface area contributed by atoms with Crippen molar-refractivity contribution in [1.29, 1.82) is 0 Å². The number of rotatable bonds is 9. The molecule has 0 aliphatic carbocycles. The Labute approximate surface area is 167 Å². The number of halogens is 2. The lowest BCUT2D eigenvalue weighted by atomic mass is 10.0. The molecule has 150 valence electrons. The van der Waals surface area contributed by atoms with Crippen LogP contribution in [0.5, 0.6) is 11.5 Å². The number of carbonyl (C=O) groups is 2. The van der Waals surface area contributed by atoms with E-state index in [9.17, 15) is 9.59 Å². The minimum atomic E-state index is -0.681. The second-order valence-electron chi connectivity index (χ2n) is 6.32. The zero-order chi connectivity index (χ0) is 20.8. The van der Waals surface area contributed by atoms with Crippen LogP contribution in [0.1, 0.15) is 48.8 Å². The summed E-state index contributed by atoms with van der Waals surface area (Å²) in [5, 5.41) is 3.27. The minimum absolute atomic E-state index is 0.0614. The summed E-state index contributed by atoms with van der Waals surface area (Å²) in [4.78, 5) is 26.0. The van der Waals surface area contributed by atoms with E-state index in [1.807, 2.05) is 6.92 Å². The van der Waals surface area contributed by atoms with Gasteiger partial charge < -0.3 is 21.5 Å². The number of nitrogens with two attached hydrogens (primary N) is 2. The highest BCUT2D eigenvalue weighted by atomic mass is 35.5. The van der Waals surface area contributed by atoms with Crippen LogP contribution in [0.25, 0.3) is 0 Å². The lowest BCUT2D eigenvalue weighted by molar-refractivity contribution is -0.118. The normalized spacial score (nSPS) is 13.0. The smallest absolute Gasteiger partial charge is 0.267 e. The second-order valence-corrected chi connectivity index (χ2v) is 6.73. The number of ether oxygens (including phenoxy) is 1. The summed E-state index contributed by atoms with van der Waals surface area (Å²) in [5.41, 5.74) is 10.8. The van der Waals surface area contributed by atoms with Gasteiger partial charge in [-0.1, -0.05) is 24.6 Å². The average molecular weight is 409 g/mol. The first-order valence-electron chi connectivity index (χ1n) is 8.68. The molecule has 5 N–H and O–H groups in total. The maximum atomic E-state index is 15.1. The summed E-state index contributed by atoms with van der Waals surface area (Å²) in [7, 11) is 0. The molecular weight excluding hydrogens is 387 g/mol. The van der Waals surface area contributed by atoms with E-state index in [1.54, 1.807) is 13.0 Å². The fourth-order valence-corrected chi connectivity index (χ4v) is 2.93. The number of benzene rings is 1. The number of nitrogens with one attached hydrogen (secondary N) is 1. The van der Waals surface area contributed by atoms with E-state index < -0.39 is 17.6 Å². The molecule has 0 aliphatic heterocycles. The first-order valence-corrected chi connectivity index (χ1v) is 9.06. The van der Waals surface area contributed by atoms with Crippen LogP contribution in [-0.4, -0.2) is 22.8 Å². The van der Waals surface area contributed by atoms with Crippen molar-refractivity contribution in [2.75, 3.05) is 0 Å². The molecule has 0 saturated carbocycles. The SMILES string of the molecule is CC[C@@H](N[C@@H](C)CC(N)=O)c1ccc(Cl)c(Oc2ccc(C(N)=O)nc2)c1F. The van der Waals surface area contributed by atoms with Gasteiger partial charge in [-0.2, -0.15) is 0 Å². The van der Waals surface area contributed by atoms with Crippen molar-refractivity contribution in [2.24, 2.45) is 11.5 Å². The maximum Gasteiger partial charge on any atom is 0.267 e. The van der Waals surface area contributed by atoms with Gasteiger partial charge in [-0.25, -0.2) is 9.37 Å². The number of pyridine rings is 1. The lowest BCUT2D eigenvalue weighted by Gasteiger charge is -2.23. The van der Waals surface area contributed by atoms with E-state index in [0.29, 0.717) is 12.0 Å². The van der Waals surface area contributed by atoms with Gasteiger partial charge in [0.1, 0.15) is 11.4 Å². The van der Waals surface area contributed by atoms with E-state index >= 15 is 4.39 Å². The number of primary amides is 2. The van der Waals surface area contributed by atoms with Gasteiger partial charge in [0.2, 0.25) is 5.91 Å². The van der Waals surface area contributed by atoms with E-state index in [0.717, 1.165) is 0 Å². The van der Waals surface area contributed by atoms with Gasteiger partial charge in [0, 0.05) is 24.1 Å². The Morgan fingerprint density at radius 3 is 2.54 bits per heavy atom. The van der Waals surface area contributed by atoms with Crippen LogP contribution in [0, 0.1) is 5.82 Å². The third-order valence-electron chi connectivity index (χ3n) is 4.06. The van der Waals surface area contributed by atoms with Crippen LogP contribution in [0.3, 0.4) is 0 Å². The first-order chi connectivity index (χ1) is 13.2. The molecule has 1 heterocycles. The summed E-state index contributed by atoms with van der Waals surface area (Å²) in [5.74, 6) is -1.71. The number of aromatic nitrogens is 1. The van der Waals surface area contributed by atoms with E-state index in [4.69, 9.17) is 27.8 Å². The third kappa shape index (κ3) is 5.40. The molecule has 1 aromatic heterocycles. The molecule has 0 unspecified atom stereocenters. The van der Waals surface area contributed by atoms with Crippen LogP contribution < -0.4 is 21.5 Å². The molecule has 9 heteroatoms. The minimum Gasteiger partial charge on any atom is -0.451 e. The van der Waals surface area contributed by atoms with Crippen molar-refractivity contribution in [1.82, 2.24) is 10.3 Å². The standard InChI is InChI=1S/C19H22ClFN4O3/c1-3-14(25-10(2)8-16(22)26)12-5-6-13(20)18(17(12)21)28-11-4-7-15(19(23)27)24-9-11/h4-7,9-10,14,25H,3,8H2,1-2H3,(H2,22,26)(H2,23,27)/t10-,14+/m0/s1. The molecule has 0 saturated heterocycles. The molecule has 2 amide bonds. The van der Waals surface area contributed by atoms with Gasteiger partial charge >= 0.3 is 0 Å². The Morgan fingerprint density at radius 2 is 2.00 bits per heavy atom. The van der Waals surface area contributed by atoms with Gasteiger partial charge in [-0.3, -0.25) is 9.59 Å². The Hall–Kier alpha value is -2.71. The Balaban J connectivity index is 2.28. The van der Waals surface area contributed by atoms with E-state index in [1.165, 1.54) is 24.4 Å². The number of carbonyl (C=O) groups excluding carboxylic acids is 2. The van der Waals surface area contributed by atoms with Crippen molar-refractivity contribution >= 4 is 23.4 Å². The fraction of sp³-hybridized carbons (Fsp3) is 0.316. The number of hydrogen-bond acceptors (Lipinski definition) is 5. The van der Waals surface area contributed by atoms with Gasteiger partial charge in [0.15, 0.2) is 11.6 Å². The zero-order valence-electron chi connectivity index (χ0n) is 15.5.